The average molecular weight is 264 g/mol. The van der Waals surface area contributed by atoms with Gasteiger partial charge in [-0.15, -0.1) is 0 Å². The maximum absolute atomic E-state index is 11.8. The van der Waals surface area contributed by atoms with Gasteiger partial charge in [0.2, 0.25) is 0 Å². The number of aliphatic carboxylic acids is 1. The van der Waals surface area contributed by atoms with Crippen molar-refractivity contribution in [2.45, 2.75) is 39.2 Å². The maximum Gasteiger partial charge on any atom is 0.320 e. The Hall–Kier alpha value is -1.84. The van der Waals surface area contributed by atoms with Gasteiger partial charge in [0.1, 0.15) is 5.60 Å². The van der Waals surface area contributed by atoms with Gasteiger partial charge < -0.3 is 9.84 Å². The van der Waals surface area contributed by atoms with Crippen LogP contribution in [0.4, 0.5) is 0 Å². The largest absolute Gasteiger partial charge is 0.481 e. The highest BCUT2D eigenvalue weighted by molar-refractivity contribution is 5.94. The van der Waals surface area contributed by atoms with E-state index in [-0.39, 0.29) is 6.42 Å². The minimum atomic E-state index is -1.13. The van der Waals surface area contributed by atoms with Crippen LogP contribution in [0.15, 0.2) is 30.3 Å². The summed E-state index contributed by atoms with van der Waals surface area (Å²) in [5.41, 5.74) is 0.342. The highest BCUT2D eigenvalue weighted by atomic mass is 16.6. The van der Waals surface area contributed by atoms with Crippen molar-refractivity contribution in [3.8, 4) is 0 Å². The summed E-state index contributed by atoms with van der Waals surface area (Å²) in [6, 6.07) is 9.49. The van der Waals surface area contributed by atoms with Crippen LogP contribution < -0.4 is 0 Å². The molecule has 1 atom stereocenters. The van der Waals surface area contributed by atoms with Crippen molar-refractivity contribution in [3.63, 3.8) is 0 Å². The van der Waals surface area contributed by atoms with E-state index < -0.39 is 23.5 Å². The molecule has 4 nitrogen and oxygen atoms in total. The highest BCUT2D eigenvalue weighted by Gasteiger charge is 2.30. The second kappa shape index (κ2) is 6.36. The fraction of sp³-hybridized carbons (Fsp3) is 0.467. The van der Waals surface area contributed by atoms with Crippen molar-refractivity contribution >= 4 is 11.9 Å². The van der Waals surface area contributed by atoms with Crippen molar-refractivity contribution in [1.29, 1.82) is 0 Å². The Bertz CT molecular complexity index is 431. The third-order valence-corrected chi connectivity index (χ3v) is 2.55. The molecule has 0 aliphatic carbocycles. The number of esters is 1. The number of hydrogen-bond acceptors (Lipinski definition) is 3. The topological polar surface area (TPSA) is 63.6 Å². The molecule has 0 saturated carbocycles. The van der Waals surface area contributed by atoms with Crippen molar-refractivity contribution in [2.24, 2.45) is 5.92 Å². The van der Waals surface area contributed by atoms with Crippen LogP contribution in [0.3, 0.4) is 0 Å². The minimum absolute atomic E-state index is 0.244. The van der Waals surface area contributed by atoms with Crippen LogP contribution in [0.1, 0.15) is 32.8 Å². The van der Waals surface area contributed by atoms with Crippen molar-refractivity contribution < 1.29 is 19.4 Å². The molecule has 0 radical (unpaired) electrons. The van der Waals surface area contributed by atoms with Gasteiger partial charge in [0, 0.05) is 0 Å². The Morgan fingerprint density at radius 2 is 1.79 bits per heavy atom. The molecule has 0 amide bonds. The summed E-state index contributed by atoms with van der Waals surface area (Å²) in [7, 11) is 0. The molecule has 1 N–H and O–H groups in total. The monoisotopic (exact) mass is 264 g/mol. The lowest BCUT2D eigenvalue weighted by atomic mass is 9.99. The summed E-state index contributed by atoms with van der Waals surface area (Å²) < 4.78 is 5.13. The van der Waals surface area contributed by atoms with Gasteiger partial charge in [0.05, 0.1) is 0 Å². The molecule has 4 heteroatoms. The van der Waals surface area contributed by atoms with Crippen LogP contribution in [0.2, 0.25) is 0 Å². The van der Waals surface area contributed by atoms with Crippen LogP contribution >= 0.6 is 0 Å². The zero-order valence-corrected chi connectivity index (χ0v) is 11.6. The fourth-order valence-corrected chi connectivity index (χ4v) is 1.67. The van der Waals surface area contributed by atoms with E-state index in [1.807, 2.05) is 30.3 Å². The van der Waals surface area contributed by atoms with E-state index in [4.69, 9.17) is 9.84 Å². The van der Waals surface area contributed by atoms with Gasteiger partial charge in [-0.05, 0) is 39.2 Å². The van der Waals surface area contributed by atoms with Crippen LogP contribution in [0.25, 0.3) is 0 Å². The first-order chi connectivity index (χ1) is 8.79. The lowest BCUT2D eigenvalue weighted by Gasteiger charge is -2.22. The van der Waals surface area contributed by atoms with E-state index >= 15 is 0 Å². The van der Waals surface area contributed by atoms with Crippen molar-refractivity contribution in [1.82, 2.24) is 0 Å². The van der Waals surface area contributed by atoms with Crippen molar-refractivity contribution in [3.05, 3.63) is 35.9 Å². The second-order valence-electron chi connectivity index (χ2n) is 5.45. The molecule has 1 aromatic rings. The summed E-state index contributed by atoms with van der Waals surface area (Å²) in [4.78, 5) is 23.0. The average Bonchev–Trinajstić information content (AvgIpc) is 2.27. The Labute approximate surface area is 113 Å². The molecule has 0 aromatic heterocycles. The van der Waals surface area contributed by atoms with Crippen LogP contribution in [-0.4, -0.2) is 22.6 Å². The Morgan fingerprint density at radius 3 is 2.26 bits per heavy atom. The van der Waals surface area contributed by atoms with E-state index in [0.717, 1.165) is 5.56 Å². The summed E-state index contributed by atoms with van der Waals surface area (Å²) in [5.74, 6) is -2.92. The third-order valence-electron chi connectivity index (χ3n) is 2.55. The molecule has 0 heterocycles. The lowest BCUT2D eigenvalue weighted by Crippen LogP contribution is -2.33. The number of carboxylic acids is 1. The minimum Gasteiger partial charge on any atom is -0.481 e. The van der Waals surface area contributed by atoms with Crippen LogP contribution in [0, 0.1) is 5.92 Å². The first kappa shape index (κ1) is 15.2. The van der Waals surface area contributed by atoms with Gasteiger partial charge in [0.15, 0.2) is 5.92 Å². The third kappa shape index (κ3) is 5.55. The number of carbonyl (C=O) groups excluding carboxylic acids is 1. The molecule has 0 bridgehead atoms. The molecule has 0 fully saturated rings. The molecule has 104 valence electrons. The number of ether oxygens (including phenoxy) is 1. The predicted molar refractivity (Wildman–Crippen MR) is 71.7 cm³/mol. The summed E-state index contributed by atoms with van der Waals surface area (Å²) in [6.45, 7) is 5.17. The number of carboxylic acid groups (broad SMARTS) is 1. The normalized spacial score (nSPS) is 12.8. The zero-order valence-electron chi connectivity index (χ0n) is 11.6. The molecular weight excluding hydrogens is 244 g/mol. The summed E-state index contributed by atoms with van der Waals surface area (Å²) >= 11 is 0. The molecular formula is C15H20O4. The standard InChI is InChI=1S/C15H20O4/c1-15(2,3)19-14(18)12(13(16)17)10-9-11-7-5-4-6-8-11/h4-8,12H,9-10H2,1-3H3,(H,16,17)/t12-/m0/s1. The Morgan fingerprint density at radius 1 is 1.21 bits per heavy atom. The first-order valence-electron chi connectivity index (χ1n) is 6.29. The molecule has 1 rings (SSSR count). The second-order valence-corrected chi connectivity index (χ2v) is 5.45. The van der Waals surface area contributed by atoms with E-state index in [2.05, 4.69) is 0 Å². The number of rotatable bonds is 5. The number of aryl methyl sites for hydroxylation is 1. The molecule has 0 aliphatic heterocycles. The zero-order chi connectivity index (χ0) is 14.5. The van der Waals surface area contributed by atoms with E-state index in [1.54, 1.807) is 20.8 Å². The quantitative estimate of drug-likeness (QED) is 0.656. The molecule has 0 unspecified atom stereocenters. The molecule has 1 aromatic carbocycles. The van der Waals surface area contributed by atoms with Gasteiger partial charge in [-0.25, -0.2) is 0 Å². The Balaban J connectivity index is 2.64. The molecule has 0 saturated heterocycles. The van der Waals surface area contributed by atoms with Crippen LogP contribution in [-0.2, 0) is 20.7 Å². The molecule has 19 heavy (non-hydrogen) atoms. The van der Waals surface area contributed by atoms with Crippen molar-refractivity contribution in [2.75, 3.05) is 0 Å². The number of benzene rings is 1. The van der Waals surface area contributed by atoms with E-state index in [1.165, 1.54) is 0 Å². The fourth-order valence-electron chi connectivity index (χ4n) is 1.67. The maximum atomic E-state index is 11.8. The first-order valence-corrected chi connectivity index (χ1v) is 6.29. The Kier molecular flexibility index (Phi) is 5.10. The summed E-state index contributed by atoms with van der Waals surface area (Å²) in [5, 5.41) is 9.12. The SMILES string of the molecule is CC(C)(C)OC(=O)[C@@H](CCc1ccccc1)C(=O)O. The number of hydrogen-bond donors (Lipinski definition) is 1. The van der Waals surface area contributed by atoms with E-state index in [9.17, 15) is 9.59 Å². The predicted octanol–water partition coefficient (Wildman–Crippen LogP) is 2.66. The molecule has 0 aliphatic rings. The van der Waals surface area contributed by atoms with Gasteiger partial charge in [-0.3, -0.25) is 9.59 Å². The van der Waals surface area contributed by atoms with E-state index in [0.29, 0.717) is 6.42 Å². The van der Waals surface area contributed by atoms with Gasteiger partial charge in [-0.2, -0.15) is 0 Å². The van der Waals surface area contributed by atoms with Gasteiger partial charge >= 0.3 is 11.9 Å². The van der Waals surface area contributed by atoms with Gasteiger partial charge in [-0.1, -0.05) is 30.3 Å². The summed E-state index contributed by atoms with van der Waals surface area (Å²) in [6.07, 6.45) is 0.783. The van der Waals surface area contributed by atoms with Gasteiger partial charge in [0.25, 0.3) is 0 Å². The number of carbonyl (C=O) groups is 2. The van der Waals surface area contributed by atoms with Crippen LogP contribution in [0.5, 0.6) is 0 Å². The smallest absolute Gasteiger partial charge is 0.320 e. The highest BCUT2D eigenvalue weighted by Crippen LogP contribution is 2.16. The lowest BCUT2D eigenvalue weighted by molar-refractivity contribution is -0.167. The molecule has 0 spiro atoms.